The molecule has 0 radical (unpaired) electrons. The molecule has 45 heavy (non-hydrogen) atoms. The maximum atomic E-state index is 6.71. The molecule has 4 aromatic heterocycles. The molecule has 0 spiro atoms. The third kappa shape index (κ3) is 5.00. The zero-order chi connectivity index (χ0) is 31.6. The SMILES string of the molecule is CC(C)c1nc2cc(Oc3ccc4c5ccccc5n(-c5cc(C(C)(C)C)ccn5)c4c3)cc(N3C=CN(C)C3)n2c1C(C)C. The van der Waals surface area contributed by atoms with Gasteiger partial charge in [-0.1, -0.05) is 66.7 Å². The average Bonchev–Trinajstić information content (AvgIpc) is 3.70. The lowest BCUT2D eigenvalue weighted by atomic mass is 9.88. The minimum Gasteiger partial charge on any atom is -0.457 e. The second kappa shape index (κ2) is 10.7. The van der Waals surface area contributed by atoms with Crippen molar-refractivity contribution >= 4 is 33.3 Å². The van der Waals surface area contributed by atoms with Crippen LogP contribution in [0.1, 0.15) is 77.3 Å². The molecule has 7 rings (SSSR count). The molecule has 7 nitrogen and oxygen atoms in total. The highest BCUT2D eigenvalue weighted by atomic mass is 16.5. The average molecular weight is 599 g/mol. The lowest BCUT2D eigenvalue weighted by Crippen LogP contribution is -2.24. The Hall–Kier alpha value is -4.78. The number of para-hydroxylation sites is 1. The first-order chi connectivity index (χ1) is 21.5. The van der Waals surface area contributed by atoms with Gasteiger partial charge in [0.15, 0.2) is 0 Å². The smallest absolute Gasteiger partial charge is 0.142 e. The van der Waals surface area contributed by atoms with Gasteiger partial charge in [0.1, 0.15) is 28.8 Å². The van der Waals surface area contributed by atoms with Gasteiger partial charge in [-0.2, -0.15) is 0 Å². The Morgan fingerprint density at radius 1 is 0.800 bits per heavy atom. The van der Waals surface area contributed by atoms with E-state index in [0.29, 0.717) is 11.8 Å². The van der Waals surface area contributed by atoms with Crippen molar-refractivity contribution in [3.8, 4) is 17.3 Å². The predicted octanol–water partition coefficient (Wildman–Crippen LogP) is 9.34. The molecule has 0 saturated heterocycles. The van der Waals surface area contributed by atoms with Crippen LogP contribution in [0.2, 0.25) is 0 Å². The first-order valence-electron chi connectivity index (χ1n) is 15.9. The van der Waals surface area contributed by atoms with Gasteiger partial charge < -0.3 is 14.5 Å². The van der Waals surface area contributed by atoms with Crippen molar-refractivity contribution in [1.82, 2.24) is 23.8 Å². The normalized spacial score (nSPS) is 13.9. The number of fused-ring (bicyclic) bond motifs is 4. The van der Waals surface area contributed by atoms with Crippen molar-refractivity contribution in [2.75, 3.05) is 18.6 Å². The summed E-state index contributed by atoms with van der Waals surface area (Å²) in [6, 6.07) is 23.4. The molecule has 0 amide bonds. The zero-order valence-electron chi connectivity index (χ0n) is 27.5. The van der Waals surface area contributed by atoms with Crippen LogP contribution < -0.4 is 9.64 Å². The first kappa shape index (κ1) is 29.0. The second-order valence-electron chi connectivity index (χ2n) is 13.9. The quantitative estimate of drug-likeness (QED) is 0.191. The summed E-state index contributed by atoms with van der Waals surface area (Å²) in [5.74, 6) is 4.10. The molecule has 6 aromatic rings. The number of benzene rings is 2. The Kier molecular flexibility index (Phi) is 6.88. The molecule has 5 heterocycles. The van der Waals surface area contributed by atoms with Gasteiger partial charge in [-0.15, -0.1) is 0 Å². The molecule has 0 atom stereocenters. The number of imidazole rings is 1. The largest absolute Gasteiger partial charge is 0.457 e. The van der Waals surface area contributed by atoms with E-state index in [0.717, 1.165) is 52.2 Å². The number of pyridine rings is 2. The standard InChI is InChI=1S/C38H42N6O/c1-24(2)36-37(25(3)4)44-34(40-36)21-28(22-35(44)42-18-17-41(8)23-42)45-27-13-14-30-29-11-9-10-12-31(29)43(32(30)20-27)33-19-26(15-16-39-33)38(5,6)7/h9-22,24-25H,23H2,1-8H3. The van der Waals surface area contributed by atoms with E-state index in [9.17, 15) is 0 Å². The molecule has 0 unspecified atom stereocenters. The molecule has 0 aliphatic carbocycles. The van der Waals surface area contributed by atoms with E-state index >= 15 is 0 Å². The van der Waals surface area contributed by atoms with E-state index in [4.69, 9.17) is 14.7 Å². The summed E-state index contributed by atoms with van der Waals surface area (Å²) < 4.78 is 11.3. The maximum Gasteiger partial charge on any atom is 0.142 e. The summed E-state index contributed by atoms with van der Waals surface area (Å²) >= 11 is 0. The van der Waals surface area contributed by atoms with E-state index in [1.807, 2.05) is 6.20 Å². The Labute approximate surface area is 265 Å². The van der Waals surface area contributed by atoms with Crippen LogP contribution >= 0.6 is 0 Å². The summed E-state index contributed by atoms with van der Waals surface area (Å²) in [5, 5.41) is 2.36. The fourth-order valence-electron chi connectivity index (χ4n) is 6.50. The summed E-state index contributed by atoms with van der Waals surface area (Å²) in [6.45, 7) is 16.4. The van der Waals surface area contributed by atoms with Gasteiger partial charge in [-0.05, 0) is 53.1 Å². The third-order valence-corrected chi connectivity index (χ3v) is 8.73. The molecule has 0 saturated carbocycles. The minimum absolute atomic E-state index is 0.0120. The highest BCUT2D eigenvalue weighted by molar-refractivity contribution is 6.09. The lowest BCUT2D eigenvalue weighted by molar-refractivity contribution is 0.479. The molecule has 0 bridgehead atoms. The van der Waals surface area contributed by atoms with E-state index in [2.05, 4.69) is 153 Å². The van der Waals surface area contributed by atoms with Gasteiger partial charge in [0, 0.05) is 54.6 Å². The number of aromatic nitrogens is 4. The topological polar surface area (TPSA) is 50.8 Å². The van der Waals surface area contributed by atoms with E-state index in [1.54, 1.807) is 0 Å². The monoisotopic (exact) mass is 598 g/mol. The molecule has 2 aromatic carbocycles. The third-order valence-electron chi connectivity index (χ3n) is 8.73. The summed E-state index contributed by atoms with van der Waals surface area (Å²) in [6.07, 6.45) is 6.14. The van der Waals surface area contributed by atoms with Crippen molar-refractivity contribution in [3.63, 3.8) is 0 Å². The Morgan fingerprint density at radius 3 is 2.29 bits per heavy atom. The summed E-state index contributed by atoms with van der Waals surface area (Å²) in [7, 11) is 2.09. The molecule has 0 N–H and O–H groups in total. The van der Waals surface area contributed by atoms with Crippen molar-refractivity contribution in [1.29, 1.82) is 0 Å². The molecule has 1 aliphatic heterocycles. The summed E-state index contributed by atoms with van der Waals surface area (Å²) in [5.41, 5.74) is 6.72. The van der Waals surface area contributed by atoms with Crippen LogP contribution in [-0.4, -0.2) is 37.6 Å². The maximum absolute atomic E-state index is 6.71. The molecular formula is C38H42N6O. The van der Waals surface area contributed by atoms with Gasteiger partial charge in [0.05, 0.1) is 29.1 Å². The fourth-order valence-corrected chi connectivity index (χ4v) is 6.50. The van der Waals surface area contributed by atoms with Crippen LogP contribution in [0.5, 0.6) is 11.5 Å². The highest BCUT2D eigenvalue weighted by Gasteiger charge is 2.24. The van der Waals surface area contributed by atoms with Crippen LogP contribution in [0.25, 0.3) is 33.3 Å². The number of hydrogen-bond acceptors (Lipinski definition) is 5. The Bertz CT molecular complexity index is 2090. The summed E-state index contributed by atoms with van der Waals surface area (Å²) in [4.78, 5) is 14.4. The number of hydrogen-bond donors (Lipinski definition) is 0. The second-order valence-corrected chi connectivity index (χ2v) is 13.9. The van der Waals surface area contributed by atoms with Gasteiger partial charge in [-0.3, -0.25) is 8.97 Å². The molecule has 1 aliphatic rings. The van der Waals surface area contributed by atoms with Crippen molar-refractivity contribution in [2.24, 2.45) is 0 Å². The zero-order valence-corrected chi connectivity index (χ0v) is 27.5. The van der Waals surface area contributed by atoms with Crippen LogP contribution in [0.3, 0.4) is 0 Å². The van der Waals surface area contributed by atoms with Crippen LogP contribution in [0.15, 0.2) is 85.3 Å². The van der Waals surface area contributed by atoms with Crippen molar-refractivity contribution < 1.29 is 4.74 Å². The number of anilines is 1. The minimum atomic E-state index is 0.0120. The van der Waals surface area contributed by atoms with Crippen LogP contribution in [0.4, 0.5) is 5.82 Å². The molecule has 0 fully saturated rings. The van der Waals surface area contributed by atoms with Gasteiger partial charge >= 0.3 is 0 Å². The Balaban J connectivity index is 1.38. The van der Waals surface area contributed by atoms with Gasteiger partial charge in [0.2, 0.25) is 0 Å². The van der Waals surface area contributed by atoms with Crippen LogP contribution in [-0.2, 0) is 5.41 Å². The van der Waals surface area contributed by atoms with Crippen molar-refractivity contribution in [3.05, 3.63) is 102 Å². The highest BCUT2D eigenvalue weighted by Crippen LogP contribution is 2.38. The van der Waals surface area contributed by atoms with E-state index in [1.165, 1.54) is 22.0 Å². The lowest BCUT2D eigenvalue weighted by Gasteiger charge is -2.23. The molecular weight excluding hydrogens is 556 g/mol. The van der Waals surface area contributed by atoms with Crippen LogP contribution in [0, 0.1) is 0 Å². The fraction of sp³-hybridized carbons (Fsp3) is 0.316. The molecule has 230 valence electrons. The van der Waals surface area contributed by atoms with Gasteiger partial charge in [0.25, 0.3) is 0 Å². The van der Waals surface area contributed by atoms with E-state index < -0.39 is 0 Å². The molecule has 7 heteroatoms. The van der Waals surface area contributed by atoms with E-state index in [-0.39, 0.29) is 5.41 Å². The van der Waals surface area contributed by atoms with Gasteiger partial charge in [-0.25, -0.2) is 9.97 Å². The number of rotatable bonds is 6. The van der Waals surface area contributed by atoms with Crippen molar-refractivity contribution in [2.45, 2.75) is 65.7 Å². The number of ether oxygens (including phenoxy) is 1. The predicted molar refractivity (Wildman–Crippen MR) is 185 cm³/mol. The first-order valence-corrected chi connectivity index (χ1v) is 15.9. The number of nitrogens with zero attached hydrogens (tertiary/aromatic N) is 6. The Morgan fingerprint density at radius 2 is 1.58 bits per heavy atom.